The van der Waals surface area contributed by atoms with Crippen LogP contribution in [0.2, 0.25) is 0 Å². The number of rotatable bonds is 5. The second-order valence-corrected chi connectivity index (χ2v) is 7.41. The van der Waals surface area contributed by atoms with Crippen molar-refractivity contribution in [3.05, 3.63) is 23.9 Å². The molecule has 21 heavy (non-hydrogen) atoms. The molecule has 0 spiro atoms. The van der Waals surface area contributed by atoms with Crippen LogP contribution in [0.5, 0.6) is 5.88 Å². The van der Waals surface area contributed by atoms with Gasteiger partial charge in [0.05, 0.1) is 7.11 Å². The van der Waals surface area contributed by atoms with Crippen LogP contribution in [0.25, 0.3) is 11.0 Å². The highest BCUT2D eigenvalue weighted by molar-refractivity contribution is 5.81. The monoisotopic (exact) mass is 288 g/mol. The lowest BCUT2D eigenvalue weighted by atomic mass is 9.78. The minimum atomic E-state index is 0.0192. The average molecular weight is 288 g/mol. The van der Waals surface area contributed by atoms with E-state index in [1.54, 1.807) is 7.11 Å². The zero-order valence-corrected chi connectivity index (χ0v) is 14.4. The molecule has 0 saturated carbocycles. The van der Waals surface area contributed by atoms with Crippen LogP contribution in [0, 0.1) is 12.3 Å². The summed E-state index contributed by atoms with van der Waals surface area (Å²) in [6.45, 7) is 13.7. The third kappa shape index (κ3) is 3.07. The van der Waals surface area contributed by atoms with Crippen molar-refractivity contribution in [2.45, 2.75) is 59.9 Å². The third-order valence-electron chi connectivity index (χ3n) is 4.55. The molecule has 2 aromatic heterocycles. The Morgan fingerprint density at radius 3 is 2.43 bits per heavy atom. The Morgan fingerprint density at radius 2 is 1.86 bits per heavy atom. The van der Waals surface area contributed by atoms with Gasteiger partial charge in [0.25, 0.3) is 0 Å². The highest BCUT2D eigenvalue weighted by Crippen LogP contribution is 2.37. The van der Waals surface area contributed by atoms with Crippen LogP contribution in [0.1, 0.15) is 53.0 Å². The molecule has 2 heterocycles. The normalized spacial score (nSPS) is 12.9. The molecule has 0 aliphatic rings. The summed E-state index contributed by atoms with van der Waals surface area (Å²) in [6, 6.07) is 4.04. The Labute approximate surface area is 128 Å². The molecule has 0 aromatic carbocycles. The van der Waals surface area contributed by atoms with Crippen LogP contribution in [-0.4, -0.2) is 16.7 Å². The van der Waals surface area contributed by atoms with Gasteiger partial charge in [0.1, 0.15) is 5.65 Å². The van der Waals surface area contributed by atoms with Gasteiger partial charge in [-0.15, -0.1) is 0 Å². The molecule has 0 amide bonds. The Bertz CT molecular complexity index is 638. The first-order valence-corrected chi connectivity index (χ1v) is 7.73. The van der Waals surface area contributed by atoms with E-state index < -0.39 is 0 Å². The molecule has 0 fully saturated rings. The summed E-state index contributed by atoms with van der Waals surface area (Å²) in [4.78, 5) is 4.68. The van der Waals surface area contributed by atoms with E-state index in [0.717, 1.165) is 12.1 Å². The fraction of sp³-hybridized carbons (Fsp3) is 0.611. The molecule has 3 heteroatoms. The maximum atomic E-state index is 5.30. The van der Waals surface area contributed by atoms with E-state index >= 15 is 0 Å². The van der Waals surface area contributed by atoms with Crippen molar-refractivity contribution in [3.63, 3.8) is 0 Å². The number of nitrogens with zero attached hydrogens (tertiary/aromatic N) is 2. The van der Waals surface area contributed by atoms with Gasteiger partial charge in [-0.05, 0) is 44.2 Å². The largest absolute Gasteiger partial charge is 0.481 e. The van der Waals surface area contributed by atoms with E-state index in [2.05, 4.69) is 63.4 Å². The Morgan fingerprint density at radius 1 is 1.19 bits per heavy atom. The zero-order valence-electron chi connectivity index (χ0n) is 14.4. The fourth-order valence-electron chi connectivity index (χ4n) is 3.20. The van der Waals surface area contributed by atoms with Gasteiger partial charge in [0.15, 0.2) is 0 Å². The molecule has 116 valence electrons. The van der Waals surface area contributed by atoms with Crippen LogP contribution >= 0.6 is 0 Å². The predicted molar refractivity (Wildman–Crippen MR) is 89.0 cm³/mol. The lowest BCUT2D eigenvalue weighted by molar-refractivity contribution is 0.195. The summed E-state index contributed by atoms with van der Waals surface area (Å²) in [6.07, 6.45) is 4.51. The quantitative estimate of drug-likeness (QED) is 0.781. The zero-order chi connectivity index (χ0) is 15.8. The maximum Gasteiger partial charge on any atom is 0.214 e. The van der Waals surface area contributed by atoms with Crippen LogP contribution in [-0.2, 0) is 5.54 Å². The first-order chi connectivity index (χ1) is 9.70. The van der Waals surface area contributed by atoms with E-state index in [4.69, 9.17) is 4.74 Å². The fourth-order valence-corrected chi connectivity index (χ4v) is 3.20. The standard InChI is InChI=1S/C18H28N2O/c1-8-17(3,4)12-18(5,6)20-11-13(2)14-9-10-15(21-7)19-16(14)20/h9-11H,8,12H2,1-7H3. The van der Waals surface area contributed by atoms with Gasteiger partial charge in [-0.25, -0.2) is 0 Å². The smallest absolute Gasteiger partial charge is 0.214 e. The molecule has 0 bridgehead atoms. The number of aryl methyl sites for hydroxylation is 1. The van der Waals surface area contributed by atoms with E-state index in [9.17, 15) is 0 Å². The van der Waals surface area contributed by atoms with Crippen molar-refractivity contribution in [2.24, 2.45) is 5.41 Å². The Kier molecular flexibility index (Phi) is 4.05. The molecule has 0 aliphatic carbocycles. The molecule has 0 N–H and O–H groups in total. The number of aromatic nitrogens is 2. The topological polar surface area (TPSA) is 27.1 Å². The minimum absolute atomic E-state index is 0.0192. The molecule has 0 radical (unpaired) electrons. The highest BCUT2D eigenvalue weighted by Gasteiger charge is 2.30. The lowest BCUT2D eigenvalue weighted by Crippen LogP contribution is -2.32. The minimum Gasteiger partial charge on any atom is -0.481 e. The summed E-state index contributed by atoms with van der Waals surface area (Å²) in [7, 11) is 1.67. The van der Waals surface area contributed by atoms with Crippen molar-refractivity contribution in [2.75, 3.05) is 7.11 Å². The number of fused-ring (bicyclic) bond motifs is 1. The Balaban J connectivity index is 2.54. The lowest BCUT2D eigenvalue weighted by Gasteiger charge is -2.36. The highest BCUT2D eigenvalue weighted by atomic mass is 16.5. The number of ether oxygens (including phenoxy) is 1. The van der Waals surface area contributed by atoms with Crippen LogP contribution in [0.15, 0.2) is 18.3 Å². The van der Waals surface area contributed by atoms with Crippen molar-refractivity contribution < 1.29 is 4.74 Å². The number of pyridine rings is 1. The van der Waals surface area contributed by atoms with E-state index in [1.807, 2.05) is 6.07 Å². The average Bonchev–Trinajstić information content (AvgIpc) is 2.75. The summed E-state index contributed by atoms with van der Waals surface area (Å²) in [5, 5.41) is 1.21. The van der Waals surface area contributed by atoms with Gasteiger partial charge in [0.2, 0.25) is 5.88 Å². The van der Waals surface area contributed by atoms with Crippen LogP contribution in [0.4, 0.5) is 0 Å². The van der Waals surface area contributed by atoms with Crippen molar-refractivity contribution >= 4 is 11.0 Å². The second-order valence-electron chi connectivity index (χ2n) is 7.41. The van der Waals surface area contributed by atoms with Crippen molar-refractivity contribution in [1.82, 2.24) is 9.55 Å². The van der Waals surface area contributed by atoms with Gasteiger partial charge in [-0.2, -0.15) is 4.98 Å². The van der Waals surface area contributed by atoms with Gasteiger partial charge >= 0.3 is 0 Å². The van der Waals surface area contributed by atoms with E-state index in [1.165, 1.54) is 17.4 Å². The van der Waals surface area contributed by atoms with E-state index in [0.29, 0.717) is 11.3 Å². The molecular formula is C18H28N2O. The predicted octanol–water partition coefficient (Wildman–Crippen LogP) is 4.91. The number of hydrogen-bond acceptors (Lipinski definition) is 2. The molecular weight excluding hydrogens is 260 g/mol. The second kappa shape index (κ2) is 5.36. The summed E-state index contributed by atoms with van der Waals surface area (Å²) < 4.78 is 7.61. The Hall–Kier alpha value is -1.51. The maximum absolute atomic E-state index is 5.30. The molecule has 2 aromatic rings. The molecule has 0 aliphatic heterocycles. The molecule has 0 atom stereocenters. The summed E-state index contributed by atoms with van der Waals surface area (Å²) >= 11 is 0. The molecule has 2 rings (SSSR count). The van der Waals surface area contributed by atoms with Gasteiger partial charge < -0.3 is 9.30 Å². The first kappa shape index (κ1) is 15.9. The van der Waals surface area contributed by atoms with Crippen LogP contribution in [0.3, 0.4) is 0 Å². The SMILES string of the molecule is CCC(C)(C)CC(C)(C)n1cc(C)c2ccc(OC)nc21. The first-order valence-electron chi connectivity index (χ1n) is 7.73. The molecule has 3 nitrogen and oxygen atoms in total. The summed E-state index contributed by atoms with van der Waals surface area (Å²) in [5.74, 6) is 0.674. The summed E-state index contributed by atoms with van der Waals surface area (Å²) in [5.41, 5.74) is 2.62. The van der Waals surface area contributed by atoms with Crippen molar-refractivity contribution in [3.8, 4) is 5.88 Å². The van der Waals surface area contributed by atoms with Gasteiger partial charge in [0, 0.05) is 23.2 Å². The third-order valence-corrected chi connectivity index (χ3v) is 4.55. The molecule has 0 unspecified atom stereocenters. The van der Waals surface area contributed by atoms with Crippen molar-refractivity contribution in [1.29, 1.82) is 0 Å². The van der Waals surface area contributed by atoms with Gasteiger partial charge in [-0.3, -0.25) is 0 Å². The van der Waals surface area contributed by atoms with Gasteiger partial charge in [-0.1, -0.05) is 27.2 Å². The van der Waals surface area contributed by atoms with E-state index in [-0.39, 0.29) is 5.54 Å². The number of methoxy groups -OCH3 is 1. The number of hydrogen-bond donors (Lipinski definition) is 0. The van der Waals surface area contributed by atoms with Crippen LogP contribution < -0.4 is 4.74 Å². The molecule has 0 saturated heterocycles.